The van der Waals surface area contributed by atoms with Crippen molar-refractivity contribution in [1.29, 1.82) is 0 Å². The van der Waals surface area contributed by atoms with Gasteiger partial charge in [-0.2, -0.15) is 0 Å². The number of fused-ring (bicyclic) bond motifs is 3. The number of piperazine rings is 1. The molecule has 0 aliphatic carbocycles. The van der Waals surface area contributed by atoms with Gasteiger partial charge in [0.2, 0.25) is 0 Å². The van der Waals surface area contributed by atoms with Crippen LogP contribution in [-0.4, -0.2) is 42.8 Å². The number of carbonyl (C=O) groups is 1. The summed E-state index contributed by atoms with van der Waals surface area (Å²) >= 11 is 0. The lowest BCUT2D eigenvalue weighted by Gasteiger charge is -2.37. The second-order valence-corrected chi connectivity index (χ2v) is 6.07. The van der Waals surface area contributed by atoms with Gasteiger partial charge >= 0.3 is 6.09 Å². The highest BCUT2D eigenvalue weighted by Gasteiger charge is 2.36. The van der Waals surface area contributed by atoms with E-state index in [2.05, 4.69) is 28.5 Å². The van der Waals surface area contributed by atoms with Crippen LogP contribution in [-0.2, 0) is 11.2 Å². The molecule has 1 aromatic heterocycles. The van der Waals surface area contributed by atoms with E-state index in [9.17, 15) is 4.79 Å². The van der Waals surface area contributed by atoms with E-state index in [-0.39, 0.29) is 6.10 Å². The standard InChI is InChI=1S/C16H24N4O2/c1-4-18-16(21)22-11(3)14-6-5-12-7-13-9-17-8-10(2)20(13)15(12)19-14/h5-6,10-11,13,17H,4,7-9H2,1-3H3,(H,18,21)/t10?,11-,13?/m0/s1. The Hall–Kier alpha value is -1.82. The quantitative estimate of drug-likeness (QED) is 0.888. The highest BCUT2D eigenvalue weighted by molar-refractivity contribution is 5.67. The molecule has 0 aromatic carbocycles. The molecule has 0 saturated carbocycles. The normalized spacial score (nSPS) is 24.4. The zero-order valence-corrected chi connectivity index (χ0v) is 13.4. The van der Waals surface area contributed by atoms with E-state index in [1.165, 1.54) is 5.56 Å². The molecule has 0 radical (unpaired) electrons. The summed E-state index contributed by atoms with van der Waals surface area (Å²) in [5.41, 5.74) is 2.09. The fraction of sp³-hybridized carbons (Fsp3) is 0.625. The molecule has 2 aliphatic heterocycles. The maximum absolute atomic E-state index is 11.6. The van der Waals surface area contributed by atoms with Gasteiger partial charge in [-0.3, -0.25) is 0 Å². The number of amides is 1. The highest BCUT2D eigenvalue weighted by atomic mass is 16.6. The van der Waals surface area contributed by atoms with Crippen molar-refractivity contribution < 1.29 is 9.53 Å². The smallest absolute Gasteiger partial charge is 0.407 e. The Morgan fingerprint density at radius 2 is 2.36 bits per heavy atom. The first kappa shape index (κ1) is 15.1. The molecule has 2 aliphatic rings. The number of nitrogens with zero attached hydrogens (tertiary/aromatic N) is 2. The van der Waals surface area contributed by atoms with Gasteiger partial charge in [0.05, 0.1) is 5.69 Å². The second-order valence-electron chi connectivity index (χ2n) is 6.07. The number of anilines is 1. The summed E-state index contributed by atoms with van der Waals surface area (Å²) in [7, 11) is 0. The topological polar surface area (TPSA) is 66.5 Å². The predicted molar refractivity (Wildman–Crippen MR) is 85.1 cm³/mol. The average molecular weight is 304 g/mol. The first-order valence-corrected chi connectivity index (χ1v) is 8.03. The maximum Gasteiger partial charge on any atom is 0.407 e. The largest absolute Gasteiger partial charge is 0.440 e. The van der Waals surface area contributed by atoms with Crippen molar-refractivity contribution in [3.8, 4) is 0 Å². The van der Waals surface area contributed by atoms with Crippen LogP contribution in [0.3, 0.4) is 0 Å². The number of nitrogens with one attached hydrogen (secondary N) is 2. The minimum absolute atomic E-state index is 0.353. The number of alkyl carbamates (subject to hydrolysis) is 1. The van der Waals surface area contributed by atoms with E-state index in [4.69, 9.17) is 9.72 Å². The van der Waals surface area contributed by atoms with Gasteiger partial charge in [0, 0.05) is 31.7 Å². The van der Waals surface area contributed by atoms with Crippen molar-refractivity contribution in [2.75, 3.05) is 24.5 Å². The van der Waals surface area contributed by atoms with Crippen molar-refractivity contribution in [2.45, 2.75) is 45.4 Å². The van der Waals surface area contributed by atoms with Gasteiger partial charge < -0.3 is 20.3 Å². The Kier molecular flexibility index (Phi) is 4.20. The molecule has 2 unspecified atom stereocenters. The second kappa shape index (κ2) is 6.12. The van der Waals surface area contributed by atoms with Crippen LogP contribution in [0.2, 0.25) is 0 Å². The number of hydrogen-bond acceptors (Lipinski definition) is 5. The maximum atomic E-state index is 11.6. The number of hydrogen-bond donors (Lipinski definition) is 2. The summed E-state index contributed by atoms with van der Waals surface area (Å²) in [6, 6.07) is 5.02. The van der Waals surface area contributed by atoms with Gasteiger partial charge in [0.25, 0.3) is 0 Å². The lowest BCUT2D eigenvalue weighted by atomic mass is 10.1. The molecule has 3 heterocycles. The van der Waals surface area contributed by atoms with Gasteiger partial charge in [-0.25, -0.2) is 9.78 Å². The third-order valence-corrected chi connectivity index (χ3v) is 4.39. The monoisotopic (exact) mass is 304 g/mol. The number of pyridine rings is 1. The van der Waals surface area contributed by atoms with Crippen molar-refractivity contribution in [3.05, 3.63) is 23.4 Å². The molecule has 120 valence electrons. The predicted octanol–water partition coefficient (Wildman–Crippen LogP) is 1.61. The zero-order valence-electron chi connectivity index (χ0n) is 13.4. The van der Waals surface area contributed by atoms with Crippen LogP contribution in [0.25, 0.3) is 0 Å². The van der Waals surface area contributed by atoms with E-state index < -0.39 is 6.09 Å². The van der Waals surface area contributed by atoms with Gasteiger partial charge in [0.15, 0.2) is 0 Å². The summed E-state index contributed by atoms with van der Waals surface area (Å²) in [5.74, 6) is 1.06. The molecule has 1 saturated heterocycles. The third kappa shape index (κ3) is 2.75. The minimum atomic E-state index is -0.397. The molecule has 22 heavy (non-hydrogen) atoms. The molecule has 0 spiro atoms. The summed E-state index contributed by atoms with van der Waals surface area (Å²) in [6.45, 7) is 8.48. The number of rotatable bonds is 3. The Balaban J connectivity index is 1.79. The first-order chi connectivity index (χ1) is 10.6. The summed E-state index contributed by atoms with van der Waals surface area (Å²) in [5, 5.41) is 6.11. The number of aromatic nitrogens is 1. The van der Waals surface area contributed by atoms with Crippen molar-refractivity contribution in [2.24, 2.45) is 0 Å². The zero-order chi connectivity index (χ0) is 15.7. The SMILES string of the molecule is CCNC(=O)O[C@@H](C)c1ccc2c(n1)N1C(C)CNCC1C2. The Morgan fingerprint density at radius 1 is 1.55 bits per heavy atom. The third-order valence-electron chi connectivity index (χ3n) is 4.39. The Labute approximate surface area is 131 Å². The van der Waals surface area contributed by atoms with Gasteiger partial charge in [-0.1, -0.05) is 6.07 Å². The van der Waals surface area contributed by atoms with Crippen LogP contribution in [0, 0.1) is 0 Å². The molecule has 3 atom stereocenters. The molecule has 1 fully saturated rings. The van der Waals surface area contributed by atoms with E-state index in [0.717, 1.165) is 31.0 Å². The van der Waals surface area contributed by atoms with E-state index >= 15 is 0 Å². The van der Waals surface area contributed by atoms with Crippen molar-refractivity contribution in [3.63, 3.8) is 0 Å². The molecule has 0 bridgehead atoms. The van der Waals surface area contributed by atoms with Crippen LogP contribution in [0.4, 0.5) is 10.6 Å². The fourth-order valence-electron chi connectivity index (χ4n) is 3.33. The van der Waals surface area contributed by atoms with E-state index in [0.29, 0.717) is 18.6 Å². The van der Waals surface area contributed by atoms with Crippen LogP contribution < -0.4 is 15.5 Å². The molecular formula is C16H24N4O2. The molecule has 1 aromatic rings. The molecule has 3 rings (SSSR count). The Morgan fingerprint density at radius 3 is 3.14 bits per heavy atom. The minimum Gasteiger partial charge on any atom is -0.440 e. The lowest BCUT2D eigenvalue weighted by molar-refractivity contribution is 0.105. The van der Waals surface area contributed by atoms with Crippen molar-refractivity contribution in [1.82, 2.24) is 15.6 Å². The summed E-state index contributed by atoms with van der Waals surface area (Å²) < 4.78 is 5.36. The first-order valence-electron chi connectivity index (χ1n) is 8.03. The van der Waals surface area contributed by atoms with Crippen LogP contribution in [0.15, 0.2) is 12.1 Å². The van der Waals surface area contributed by atoms with Gasteiger partial charge in [0.1, 0.15) is 11.9 Å². The molecule has 2 N–H and O–H groups in total. The molecular weight excluding hydrogens is 280 g/mol. The molecule has 1 amide bonds. The fourth-order valence-corrected chi connectivity index (χ4v) is 3.33. The van der Waals surface area contributed by atoms with Crippen molar-refractivity contribution >= 4 is 11.9 Å². The summed E-state index contributed by atoms with van der Waals surface area (Å²) in [4.78, 5) is 18.8. The highest BCUT2D eigenvalue weighted by Crippen LogP contribution is 2.34. The van der Waals surface area contributed by atoms with E-state index in [1.807, 2.05) is 19.9 Å². The lowest BCUT2D eigenvalue weighted by Crippen LogP contribution is -2.55. The number of carbonyl (C=O) groups excluding carboxylic acids is 1. The Bertz CT molecular complexity index is 563. The van der Waals surface area contributed by atoms with Gasteiger partial charge in [-0.05, 0) is 38.8 Å². The van der Waals surface area contributed by atoms with Gasteiger partial charge in [-0.15, -0.1) is 0 Å². The molecule has 6 nitrogen and oxygen atoms in total. The van der Waals surface area contributed by atoms with Crippen LogP contribution >= 0.6 is 0 Å². The van der Waals surface area contributed by atoms with Crippen LogP contribution in [0.1, 0.15) is 38.1 Å². The average Bonchev–Trinajstić information content (AvgIpc) is 2.86. The van der Waals surface area contributed by atoms with E-state index in [1.54, 1.807) is 0 Å². The summed E-state index contributed by atoms with van der Waals surface area (Å²) in [6.07, 6.45) is 0.283. The molecule has 6 heteroatoms. The number of ether oxygens (including phenoxy) is 1. The van der Waals surface area contributed by atoms with Crippen LogP contribution in [0.5, 0.6) is 0 Å².